The fourth-order valence-corrected chi connectivity index (χ4v) is 1.90. The number of hydrogen-bond donors (Lipinski definition) is 1. The molecule has 0 fully saturated rings. The normalized spacial score (nSPS) is 13.3. The van der Waals surface area contributed by atoms with Crippen molar-refractivity contribution in [2.45, 2.75) is 33.7 Å². The largest absolute Gasteiger partial charge is 0.372 e. The fraction of sp³-hybridized carbons (Fsp3) is 0.600. The van der Waals surface area contributed by atoms with Gasteiger partial charge in [0.1, 0.15) is 16.6 Å². The van der Waals surface area contributed by atoms with E-state index in [0.29, 0.717) is 5.56 Å². The molecule has 0 aliphatic carbocycles. The van der Waals surface area contributed by atoms with Gasteiger partial charge in [0.15, 0.2) is 5.15 Å². The van der Waals surface area contributed by atoms with E-state index in [1.54, 1.807) is 0 Å². The second-order valence-electron chi connectivity index (χ2n) is 4.52. The molecule has 1 N–H and O–H groups in total. The van der Waals surface area contributed by atoms with Crippen LogP contribution in [0.3, 0.4) is 0 Å². The van der Waals surface area contributed by atoms with E-state index in [9.17, 15) is 0 Å². The molecule has 1 rings (SSSR count). The van der Waals surface area contributed by atoms with Crippen LogP contribution in [0.4, 0.5) is 5.00 Å². The van der Waals surface area contributed by atoms with E-state index in [1.165, 1.54) is 11.5 Å². The van der Waals surface area contributed by atoms with E-state index in [4.69, 9.17) is 16.9 Å². The highest BCUT2D eigenvalue weighted by molar-refractivity contribution is 7.10. The Morgan fingerprint density at radius 1 is 1.53 bits per heavy atom. The summed E-state index contributed by atoms with van der Waals surface area (Å²) in [5, 5.41) is 13.2. The molecule has 1 heterocycles. The average Bonchev–Trinajstić information content (AvgIpc) is 2.45. The standard InChI is InChI=1S/C10H14ClN3S/c1-6(10(2,3)4)13-9-7(5-12)8(11)14-15-9/h6,13H,1-4H3. The molecule has 0 aromatic carbocycles. The van der Waals surface area contributed by atoms with Crippen molar-refractivity contribution in [3.05, 3.63) is 10.7 Å². The first-order valence-electron chi connectivity index (χ1n) is 4.68. The zero-order valence-corrected chi connectivity index (χ0v) is 10.8. The van der Waals surface area contributed by atoms with Crippen molar-refractivity contribution in [3.8, 4) is 6.07 Å². The predicted molar refractivity (Wildman–Crippen MR) is 64.4 cm³/mol. The van der Waals surface area contributed by atoms with E-state index < -0.39 is 0 Å². The van der Waals surface area contributed by atoms with Crippen LogP contribution in [0.2, 0.25) is 5.15 Å². The molecular formula is C10H14ClN3S. The summed E-state index contributed by atoms with van der Waals surface area (Å²) in [6.07, 6.45) is 0. The minimum absolute atomic E-state index is 0.128. The lowest BCUT2D eigenvalue weighted by Gasteiger charge is -2.28. The van der Waals surface area contributed by atoms with E-state index in [2.05, 4.69) is 43.5 Å². The third kappa shape index (κ3) is 2.83. The van der Waals surface area contributed by atoms with Gasteiger partial charge in [0.05, 0.1) is 0 Å². The van der Waals surface area contributed by atoms with Crippen LogP contribution in [0.1, 0.15) is 33.3 Å². The molecule has 5 heteroatoms. The lowest BCUT2D eigenvalue weighted by atomic mass is 9.88. The second kappa shape index (κ2) is 4.38. The van der Waals surface area contributed by atoms with Crippen molar-refractivity contribution in [2.75, 3.05) is 5.32 Å². The Morgan fingerprint density at radius 3 is 2.60 bits per heavy atom. The van der Waals surface area contributed by atoms with Crippen molar-refractivity contribution >= 4 is 28.1 Å². The maximum atomic E-state index is 8.90. The van der Waals surface area contributed by atoms with Crippen LogP contribution in [0.25, 0.3) is 0 Å². The first-order valence-corrected chi connectivity index (χ1v) is 5.83. The molecule has 0 saturated heterocycles. The number of aromatic nitrogens is 1. The Morgan fingerprint density at radius 2 is 2.13 bits per heavy atom. The van der Waals surface area contributed by atoms with Gasteiger partial charge >= 0.3 is 0 Å². The summed E-state index contributed by atoms with van der Waals surface area (Å²) in [4.78, 5) is 0. The van der Waals surface area contributed by atoms with Crippen molar-refractivity contribution in [1.29, 1.82) is 5.26 Å². The molecule has 0 amide bonds. The monoisotopic (exact) mass is 243 g/mol. The van der Waals surface area contributed by atoms with Crippen LogP contribution in [0.5, 0.6) is 0 Å². The second-order valence-corrected chi connectivity index (χ2v) is 5.65. The molecule has 1 aromatic heterocycles. The van der Waals surface area contributed by atoms with Gasteiger partial charge in [0.2, 0.25) is 0 Å². The first-order chi connectivity index (χ1) is 6.86. The van der Waals surface area contributed by atoms with Gasteiger partial charge in [-0.05, 0) is 23.9 Å². The van der Waals surface area contributed by atoms with Gasteiger partial charge in [0, 0.05) is 6.04 Å². The third-order valence-corrected chi connectivity index (χ3v) is 3.56. The highest BCUT2D eigenvalue weighted by Gasteiger charge is 2.22. The molecule has 1 atom stereocenters. The highest BCUT2D eigenvalue weighted by Crippen LogP contribution is 2.31. The Kier molecular flexibility index (Phi) is 3.58. The van der Waals surface area contributed by atoms with E-state index in [1.807, 2.05) is 0 Å². The molecule has 0 spiro atoms. The van der Waals surface area contributed by atoms with Crippen LogP contribution in [0.15, 0.2) is 0 Å². The minimum Gasteiger partial charge on any atom is -0.372 e. The predicted octanol–water partition coefficient (Wildman–Crippen LogP) is 3.51. The topological polar surface area (TPSA) is 48.7 Å². The molecule has 3 nitrogen and oxygen atoms in total. The smallest absolute Gasteiger partial charge is 0.162 e. The van der Waals surface area contributed by atoms with Crippen LogP contribution in [-0.2, 0) is 0 Å². The summed E-state index contributed by atoms with van der Waals surface area (Å²) in [5.41, 5.74) is 0.571. The van der Waals surface area contributed by atoms with Crippen LogP contribution in [-0.4, -0.2) is 10.4 Å². The fourth-order valence-electron chi connectivity index (χ4n) is 0.879. The number of rotatable bonds is 2. The molecule has 0 aliphatic heterocycles. The number of nitrogens with zero attached hydrogens (tertiary/aromatic N) is 2. The van der Waals surface area contributed by atoms with Gasteiger partial charge in [-0.2, -0.15) is 9.64 Å². The lowest BCUT2D eigenvalue weighted by Crippen LogP contribution is -2.30. The zero-order chi connectivity index (χ0) is 11.6. The quantitative estimate of drug-likeness (QED) is 0.865. The summed E-state index contributed by atoms with van der Waals surface area (Å²) in [7, 11) is 0. The molecule has 0 saturated carbocycles. The third-order valence-electron chi connectivity index (χ3n) is 2.41. The first kappa shape index (κ1) is 12.3. The van der Waals surface area contributed by atoms with Gasteiger partial charge in [-0.3, -0.25) is 0 Å². The van der Waals surface area contributed by atoms with E-state index in [0.717, 1.165) is 5.00 Å². The average molecular weight is 244 g/mol. The summed E-state index contributed by atoms with van der Waals surface area (Å²) in [5.74, 6) is 0. The van der Waals surface area contributed by atoms with Gasteiger partial charge in [-0.15, -0.1) is 0 Å². The summed E-state index contributed by atoms with van der Waals surface area (Å²) in [6, 6.07) is 2.31. The van der Waals surface area contributed by atoms with Gasteiger partial charge in [-0.1, -0.05) is 32.4 Å². The highest BCUT2D eigenvalue weighted by atomic mass is 35.5. The number of hydrogen-bond acceptors (Lipinski definition) is 4. The summed E-state index contributed by atoms with van der Waals surface area (Å²) < 4.78 is 3.94. The molecule has 0 bridgehead atoms. The maximum absolute atomic E-state index is 8.90. The van der Waals surface area contributed by atoms with Crippen molar-refractivity contribution in [1.82, 2.24) is 4.37 Å². The van der Waals surface area contributed by atoms with E-state index in [-0.39, 0.29) is 16.6 Å². The van der Waals surface area contributed by atoms with Crippen LogP contribution in [0, 0.1) is 16.7 Å². The van der Waals surface area contributed by atoms with Crippen molar-refractivity contribution in [3.63, 3.8) is 0 Å². The summed E-state index contributed by atoms with van der Waals surface area (Å²) in [6.45, 7) is 8.49. The SMILES string of the molecule is CC(Nc1snc(Cl)c1C#N)C(C)(C)C. The van der Waals surface area contributed by atoms with Gasteiger partial charge in [-0.25, -0.2) is 0 Å². The Bertz CT molecular complexity index is 386. The molecule has 1 aromatic rings. The number of nitriles is 1. The Labute approximate surface area is 99.2 Å². The number of halogens is 1. The number of nitrogens with one attached hydrogen (secondary N) is 1. The zero-order valence-electron chi connectivity index (χ0n) is 9.26. The Balaban J connectivity index is 2.87. The number of anilines is 1. The molecule has 1 unspecified atom stereocenters. The minimum atomic E-state index is 0.128. The summed E-state index contributed by atoms with van der Waals surface area (Å²) >= 11 is 7.01. The van der Waals surface area contributed by atoms with E-state index >= 15 is 0 Å². The Hall–Kier alpha value is -0.790. The van der Waals surface area contributed by atoms with Crippen molar-refractivity contribution in [2.24, 2.45) is 5.41 Å². The maximum Gasteiger partial charge on any atom is 0.162 e. The van der Waals surface area contributed by atoms with Crippen LogP contribution < -0.4 is 5.32 Å². The van der Waals surface area contributed by atoms with Crippen molar-refractivity contribution < 1.29 is 0 Å². The molecular weight excluding hydrogens is 230 g/mol. The lowest BCUT2D eigenvalue weighted by molar-refractivity contribution is 0.360. The molecule has 0 aliphatic rings. The van der Waals surface area contributed by atoms with Gasteiger partial charge in [0.25, 0.3) is 0 Å². The molecule has 0 radical (unpaired) electrons. The molecule has 15 heavy (non-hydrogen) atoms. The van der Waals surface area contributed by atoms with Gasteiger partial charge < -0.3 is 5.32 Å². The molecule has 82 valence electrons. The van der Waals surface area contributed by atoms with Crippen LogP contribution >= 0.6 is 23.1 Å².